The van der Waals surface area contributed by atoms with Gasteiger partial charge in [-0.1, -0.05) is 0 Å². The molecule has 1 aromatic carbocycles. The van der Waals surface area contributed by atoms with Gasteiger partial charge in [0.2, 0.25) is 0 Å². The molecule has 1 rings (SSSR count). The maximum Gasteiger partial charge on any atom is 0.323 e. The van der Waals surface area contributed by atoms with Gasteiger partial charge in [-0.3, -0.25) is 9.35 Å². The molecule has 0 bridgehead atoms. The lowest BCUT2D eigenvalue weighted by Crippen LogP contribution is -2.23. The van der Waals surface area contributed by atoms with E-state index in [4.69, 9.17) is 35.1 Å². The van der Waals surface area contributed by atoms with E-state index in [-0.39, 0.29) is 39.7 Å². The van der Waals surface area contributed by atoms with E-state index in [2.05, 4.69) is 4.74 Å². The molecule has 1 aromatic rings. The van der Waals surface area contributed by atoms with Gasteiger partial charge in [-0.05, 0) is 12.1 Å². The second kappa shape index (κ2) is 10.3. The SMILES string of the molecule is COc1cc(=C(C#N)C#N)c(OCCOC(=O)CS(=O)(=O)O)cc1=C(C#N)C#N. The number of hydrogen-bond acceptors (Lipinski definition) is 10. The normalized spacial score (nSPS) is 9.72. The van der Waals surface area contributed by atoms with Crippen LogP contribution in [0.15, 0.2) is 12.1 Å². The molecule has 0 atom stereocenters. The molecule has 11 nitrogen and oxygen atoms in total. The maximum atomic E-state index is 11.2. The Morgan fingerprint density at radius 2 is 1.45 bits per heavy atom. The average Bonchev–Trinajstić information content (AvgIpc) is 2.66. The molecule has 1 N–H and O–H groups in total. The van der Waals surface area contributed by atoms with Gasteiger partial charge in [-0.25, -0.2) is 0 Å². The van der Waals surface area contributed by atoms with Gasteiger partial charge in [-0.15, -0.1) is 0 Å². The lowest BCUT2D eigenvalue weighted by atomic mass is 10.1. The van der Waals surface area contributed by atoms with E-state index in [1.807, 2.05) is 0 Å². The van der Waals surface area contributed by atoms with E-state index in [0.29, 0.717) is 0 Å². The number of carbonyl (C=O) groups excluding carboxylic acids is 1. The van der Waals surface area contributed by atoms with E-state index >= 15 is 0 Å². The van der Waals surface area contributed by atoms with Crippen LogP contribution >= 0.6 is 0 Å². The summed E-state index contributed by atoms with van der Waals surface area (Å²) >= 11 is 0. The number of carbonyl (C=O) groups is 1. The molecule has 0 unspecified atom stereocenters. The summed E-state index contributed by atoms with van der Waals surface area (Å²) in [6.07, 6.45) is 0. The van der Waals surface area contributed by atoms with Gasteiger partial charge in [0.25, 0.3) is 10.1 Å². The zero-order chi connectivity index (χ0) is 22.0. The first kappa shape index (κ1) is 22.9. The van der Waals surface area contributed by atoms with Crippen molar-refractivity contribution in [1.82, 2.24) is 0 Å². The van der Waals surface area contributed by atoms with Crippen molar-refractivity contribution in [2.75, 3.05) is 26.1 Å². The molecular formula is C17H12N4O7S. The molecule has 0 aliphatic heterocycles. The Balaban J connectivity index is 3.33. The van der Waals surface area contributed by atoms with Crippen molar-refractivity contribution in [3.8, 4) is 35.8 Å². The first-order valence-electron chi connectivity index (χ1n) is 7.51. The molecule has 148 valence electrons. The van der Waals surface area contributed by atoms with Gasteiger partial charge in [-0.2, -0.15) is 29.5 Å². The summed E-state index contributed by atoms with van der Waals surface area (Å²) in [6, 6.07) is 9.17. The van der Waals surface area contributed by atoms with E-state index in [9.17, 15) is 13.2 Å². The van der Waals surface area contributed by atoms with Crippen LogP contribution in [0.1, 0.15) is 0 Å². The molecule has 29 heavy (non-hydrogen) atoms. The number of esters is 1. The fourth-order valence-electron chi connectivity index (χ4n) is 2.03. The summed E-state index contributed by atoms with van der Waals surface area (Å²) in [5.74, 6) is -2.47. The highest BCUT2D eigenvalue weighted by Crippen LogP contribution is 2.10. The monoisotopic (exact) mass is 416 g/mol. The molecule has 0 spiro atoms. The van der Waals surface area contributed by atoms with Gasteiger partial charge in [0.1, 0.15) is 60.1 Å². The first-order valence-corrected chi connectivity index (χ1v) is 9.12. The van der Waals surface area contributed by atoms with Gasteiger partial charge in [0.15, 0.2) is 5.75 Å². The van der Waals surface area contributed by atoms with Crippen LogP contribution in [-0.2, 0) is 19.6 Å². The molecule has 0 saturated carbocycles. The minimum atomic E-state index is -4.53. The predicted molar refractivity (Wildman–Crippen MR) is 94.4 cm³/mol. The highest BCUT2D eigenvalue weighted by molar-refractivity contribution is 7.86. The molecule has 0 aliphatic carbocycles. The van der Waals surface area contributed by atoms with Crippen molar-refractivity contribution in [3.63, 3.8) is 0 Å². The third kappa shape index (κ3) is 6.53. The zero-order valence-electron chi connectivity index (χ0n) is 14.9. The van der Waals surface area contributed by atoms with Crippen molar-refractivity contribution in [3.05, 3.63) is 22.6 Å². The van der Waals surface area contributed by atoms with Gasteiger partial charge in [0.05, 0.1) is 7.11 Å². The van der Waals surface area contributed by atoms with E-state index < -0.39 is 28.4 Å². The Kier molecular flexibility index (Phi) is 8.14. The van der Waals surface area contributed by atoms with Crippen LogP contribution in [0.3, 0.4) is 0 Å². The number of methoxy groups -OCH3 is 1. The van der Waals surface area contributed by atoms with Gasteiger partial charge < -0.3 is 14.2 Å². The molecule has 0 saturated heterocycles. The summed E-state index contributed by atoms with van der Waals surface area (Å²) in [4.78, 5) is 11.2. The fraction of sp³-hybridized carbons (Fsp3) is 0.235. The predicted octanol–water partition coefficient (Wildman–Crippen LogP) is -1.10. The zero-order valence-corrected chi connectivity index (χ0v) is 15.7. The number of nitriles is 4. The van der Waals surface area contributed by atoms with Crippen LogP contribution in [0.5, 0.6) is 11.5 Å². The number of benzene rings is 1. The van der Waals surface area contributed by atoms with Crippen molar-refractivity contribution in [1.29, 1.82) is 21.0 Å². The van der Waals surface area contributed by atoms with Gasteiger partial charge in [0, 0.05) is 10.4 Å². The average molecular weight is 416 g/mol. The Morgan fingerprint density at radius 3 is 1.90 bits per heavy atom. The van der Waals surface area contributed by atoms with Crippen LogP contribution in [0.4, 0.5) is 0 Å². The van der Waals surface area contributed by atoms with Crippen molar-refractivity contribution in [2.45, 2.75) is 0 Å². The number of nitrogens with zero attached hydrogens (tertiary/aromatic N) is 4. The molecule has 0 amide bonds. The quantitative estimate of drug-likeness (QED) is 0.322. The number of ether oxygens (including phenoxy) is 3. The van der Waals surface area contributed by atoms with Crippen LogP contribution < -0.4 is 19.9 Å². The minimum absolute atomic E-state index is 0.00934. The van der Waals surface area contributed by atoms with E-state index in [1.54, 1.807) is 24.3 Å². The van der Waals surface area contributed by atoms with Crippen molar-refractivity contribution >= 4 is 27.2 Å². The Hall–Kier alpha value is -4.10. The van der Waals surface area contributed by atoms with E-state index in [1.165, 1.54) is 19.2 Å². The topological polar surface area (TPSA) is 194 Å². The molecule has 12 heteroatoms. The second-order valence-corrected chi connectivity index (χ2v) is 6.49. The number of hydrogen-bond donors (Lipinski definition) is 1. The fourth-order valence-corrected chi connectivity index (χ4v) is 2.41. The van der Waals surface area contributed by atoms with Crippen molar-refractivity contribution in [2.24, 2.45) is 0 Å². The van der Waals surface area contributed by atoms with E-state index in [0.717, 1.165) is 0 Å². The van der Waals surface area contributed by atoms with Crippen molar-refractivity contribution < 1.29 is 32.0 Å². The summed E-state index contributed by atoms with van der Waals surface area (Å²) < 4.78 is 44.8. The molecule has 0 heterocycles. The maximum absolute atomic E-state index is 11.2. The lowest BCUT2D eigenvalue weighted by molar-refractivity contribution is -0.141. The smallest absolute Gasteiger partial charge is 0.323 e. The lowest BCUT2D eigenvalue weighted by Gasteiger charge is -2.10. The number of rotatable bonds is 7. The standard InChI is InChI=1S/C17H12N4O7S/c1-26-15-4-14(12(8-20)9-21)16(5-13(15)11(6-18)7-19)27-2-3-28-17(22)10-29(23,24)25/h4-5H,2-3,10H2,1H3,(H,23,24,25). The second-order valence-electron chi connectivity index (χ2n) is 5.04. The molecule has 0 aromatic heterocycles. The molecular weight excluding hydrogens is 404 g/mol. The van der Waals surface area contributed by atoms with Crippen LogP contribution in [0.25, 0.3) is 11.1 Å². The Bertz CT molecular complexity index is 1180. The summed E-state index contributed by atoms with van der Waals surface area (Å²) in [7, 11) is -3.27. The Labute approximate surface area is 165 Å². The summed E-state index contributed by atoms with van der Waals surface area (Å²) in [5, 5.41) is 36.5. The minimum Gasteiger partial charge on any atom is -0.496 e. The summed E-state index contributed by atoms with van der Waals surface area (Å²) in [5.41, 5.74) is -0.656. The first-order chi connectivity index (χ1) is 13.7. The third-order valence-corrected chi connectivity index (χ3v) is 3.79. The third-order valence-electron chi connectivity index (χ3n) is 3.19. The largest absolute Gasteiger partial charge is 0.496 e. The van der Waals surface area contributed by atoms with Crippen LogP contribution in [0.2, 0.25) is 0 Å². The highest BCUT2D eigenvalue weighted by Gasteiger charge is 2.14. The summed E-state index contributed by atoms with van der Waals surface area (Å²) in [6.45, 7) is -0.745. The molecule has 0 fully saturated rings. The molecule has 0 aliphatic rings. The highest BCUT2D eigenvalue weighted by atomic mass is 32.2. The molecule has 0 radical (unpaired) electrons. The van der Waals surface area contributed by atoms with Crippen LogP contribution in [0, 0.1) is 45.3 Å². The van der Waals surface area contributed by atoms with Crippen LogP contribution in [-0.4, -0.2) is 45.0 Å². The van der Waals surface area contributed by atoms with Gasteiger partial charge >= 0.3 is 5.97 Å². The Morgan fingerprint density at radius 1 is 0.966 bits per heavy atom.